The van der Waals surface area contributed by atoms with Crippen LogP contribution in [0.25, 0.3) is 0 Å². The molecule has 0 N–H and O–H groups in total. The van der Waals surface area contributed by atoms with Gasteiger partial charge in [-0.25, -0.2) is 0 Å². The molecule has 0 saturated carbocycles. The van der Waals surface area contributed by atoms with Crippen LogP contribution >= 0.6 is 0 Å². The van der Waals surface area contributed by atoms with E-state index in [1.165, 1.54) is 0 Å². The fourth-order valence-corrected chi connectivity index (χ4v) is 2.15. The topological polar surface area (TPSA) is 35.5 Å². The number of unbranched alkanes of at least 4 members (excludes halogenated alkanes) is 1. The monoisotopic (exact) mass is 264 g/mol. The fraction of sp³-hybridized carbons (Fsp3) is 0.800. The van der Waals surface area contributed by atoms with Gasteiger partial charge in [0.15, 0.2) is 0 Å². The number of hydrogen-bond acceptors (Lipinski definition) is 3. The van der Waals surface area contributed by atoms with Crippen molar-refractivity contribution in [3.05, 3.63) is 0 Å². The van der Waals surface area contributed by atoms with Gasteiger partial charge < -0.3 is 14.1 Å². The van der Waals surface area contributed by atoms with E-state index in [1.807, 2.05) is 34.6 Å². The highest BCUT2D eigenvalue weighted by Crippen LogP contribution is 2.41. The van der Waals surface area contributed by atoms with Crippen molar-refractivity contribution >= 4 is 13.4 Å². The Morgan fingerprint density at radius 2 is 1.79 bits per heavy atom. The molecule has 0 spiro atoms. The zero-order valence-electron chi connectivity index (χ0n) is 12.8. The van der Waals surface area contributed by atoms with Crippen molar-refractivity contribution in [3.63, 3.8) is 0 Å². The number of hydrogen-bond donors (Lipinski definition) is 0. The minimum absolute atomic E-state index is 0.122. The summed E-state index contributed by atoms with van der Waals surface area (Å²) in [5.74, 6) is 6.06. The third-order valence-electron chi connectivity index (χ3n) is 4.11. The minimum atomic E-state index is -0.331. The van der Waals surface area contributed by atoms with Crippen molar-refractivity contribution in [2.45, 2.75) is 77.3 Å². The van der Waals surface area contributed by atoms with Crippen molar-refractivity contribution in [1.82, 2.24) is 0 Å². The average Bonchev–Trinajstić information content (AvgIpc) is 2.52. The molecular formula is C15H25BO3. The molecule has 4 heteroatoms. The number of carbonyl (C=O) groups is 1. The molecule has 0 aliphatic carbocycles. The van der Waals surface area contributed by atoms with E-state index in [-0.39, 0.29) is 24.1 Å². The molecule has 0 aromatic carbocycles. The van der Waals surface area contributed by atoms with E-state index >= 15 is 0 Å². The second-order valence-corrected chi connectivity index (χ2v) is 6.11. The van der Waals surface area contributed by atoms with Crippen LogP contribution in [0.3, 0.4) is 0 Å². The van der Waals surface area contributed by atoms with Gasteiger partial charge in [0.25, 0.3) is 0 Å². The van der Waals surface area contributed by atoms with Gasteiger partial charge in [0, 0.05) is 18.7 Å². The quantitative estimate of drug-likeness (QED) is 0.320. The van der Waals surface area contributed by atoms with Crippen LogP contribution < -0.4 is 0 Å². The maximum Gasteiger partial charge on any atom is 0.461 e. The molecule has 0 aromatic heterocycles. The van der Waals surface area contributed by atoms with E-state index in [1.54, 1.807) is 0 Å². The normalized spacial score (nSPS) is 21.6. The summed E-state index contributed by atoms with van der Waals surface area (Å²) in [5, 5.41) is 0. The van der Waals surface area contributed by atoms with Crippen LogP contribution in [-0.2, 0) is 14.1 Å². The van der Waals surface area contributed by atoms with Gasteiger partial charge in [-0.05, 0) is 41.0 Å². The summed E-state index contributed by atoms with van der Waals surface area (Å²) in [6.45, 7) is 9.99. The molecule has 106 valence electrons. The van der Waals surface area contributed by atoms with Crippen molar-refractivity contribution in [2.75, 3.05) is 0 Å². The first kappa shape index (κ1) is 16.3. The number of rotatable bonds is 6. The lowest BCUT2D eigenvalue weighted by Crippen LogP contribution is -2.41. The molecule has 0 unspecified atom stereocenters. The summed E-state index contributed by atoms with van der Waals surface area (Å²) in [4.78, 5) is 10.8. The summed E-state index contributed by atoms with van der Waals surface area (Å²) >= 11 is 0. The van der Waals surface area contributed by atoms with Gasteiger partial charge in [-0.3, -0.25) is 0 Å². The van der Waals surface area contributed by atoms with E-state index in [2.05, 4.69) is 11.8 Å². The number of carbonyl (C=O) groups excluding carboxylic acids is 1. The Labute approximate surface area is 117 Å². The summed E-state index contributed by atoms with van der Waals surface area (Å²) < 4.78 is 12.0. The highest BCUT2D eigenvalue weighted by atomic mass is 16.7. The van der Waals surface area contributed by atoms with Crippen LogP contribution in [0.4, 0.5) is 0 Å². The van der Waals surface area contributed by atoms with Crippen LogP contribution in [0.1, 0.15) is 60.3 Å². The molecule has 1 aliphatic rings. The predicted octanol–water partition coefficient (Wildman–Crippen LogP) is 3.23. The second kappa shape index (κ2) is 6.59. The van der Waals surface area contributed by atoms with Crippen LogP contribution in [0, 0.1) is 11.8 Å². The second-order valence-electron chi connectivity index (χ2n) is 6.11. The molecule has 1 aliphatic heterocycles. The van der Waals surface area contributed by atoms with Crippen molar-refractivity contribution in [2.24, 2.45) is 0 Å². The minimum Gasteiger partial charge on any atom is -0.403 e. The molecule has 19 heavy (non-hydrogen) atoms. The Morgan fingerprint density at radius 1 is 1.21 bits per heavy atom. The van der Waals surface area contributed by atoms with Gasteiger partial charge >= 0.3 is 7.12 Å². The largest absolute Gasteiger partial charge is 0.461 e. The molecule has 1 saturated heterocycles. The lowest BCUT2D eigenvalue weighted by molar-refractivity contribution is -0.108. The number of aldehydes is 1. The molecule has 0 aromatic rings. The Hall–Kier alpha value is -0.785. The van der Waals surface area contributed by atoms with E-state index in [0.29, 0.717) is 6.42 Å². The van der Waals surface area contributed by atoms with Gasteiger partial charge in [-0.2, -0.15) is 0 Å². The molecule has 1 atom stereocenters. The molecule has 3 nitrogen and oxygen atoms in total. The van der Waals surface area contributed by atoms with Crippen molar-refractivity contribution in [1.29, 1.82) is 0 Å². The lowest BCUT2D eigenvalue weighted by Gasteiger charge is -2.32. The fourth-order valence-electron chi connectivity index (χ4n) is 2.15. The molecule has 1 heterocycles. The van der Waals surface area contributed by atoms with E-state index in [4.69, 9.17) is 9.31 Å². The maximum absolute atomic E-state index is 10.8. The molecule has 1 fully saturated rings. The van der Waals surface area contributed by atoms with Gasteiger partial charge in [-0.1, -0.05) is 6.42 Å². The highest BCUT2D eigenvalue weighted by molar-refractivity contribution is 6.47. The zero-order valence-corrected chi connectivity index (χ0v) is 12.8. The summed E-state index contributed by atoms with van der Waals surface area (Å²) in [6.07, 6.45) is 4.19. The standard InChI is InChI=1S/C15H25BO3/c1-6-7-8-9-10-13(11-12-17)16-18-14(2,3)15(4,5)19-16/h12-13H,8-11H2,1-5H3/t13-/m1/s1. The summed E-state index contributed by atoms with van der Waals surface area (Å²) in [5.41, 5.74) is -0.663. The SMILES string of the molecule is CC#CCCC[C@H](CC=O)B1OC(C)(C)C(C)(C)O1. The summed E-state index contributed by atoms with van der Waals surface area (Å²) in [6, 6.07) is 0. The van der Waals surface area contributed by atoms with Crippen LogP contribution in [0.5, 0.6) is 0 Å². The molecule has 0 amide bonds. The summed E-state index contributed by atoms with van der Waals surface area (Å²) in [7, 11) is -0.287. The smallest absolute Gasteiger partial charge is 0.403 e. The third-order valence-corrected chi connectivity index (χ3v) is 4.11. The third kappa shape index (κ3) is 4.09. The van der Waals surface area contributed by atoms with Crippen LogP contribution in [-0.4, -0.2) is 24.6 Å². The van der Waals surface area contributed by atoms with Gasteiger partial charge in [-0.15, -0.1) is 11.8 Å². The Morgan fingerprint density at radius 3 is 2.26 bits per heavy atom. The average molecular weight is 264 g/mol. The van der Waals surface area contributed by atoms with E-state index in [0.717, 1.165) is 25.5 Å². The first-order valence-electron chi connectivity index (χ1n) is 7.03. The Balaban J connectivity index is 2.62. The van der Waals surface area contributed by atoms with Crippen molar-refractivity contribution < 1.29 is 14.1 Å². The first-order valence-corrected chi connectivity index (χ1v) is 7.03. The zero-order chi connectivity index (χ0) is 14.5. The van der Waals surface area contributed by atoms with Gasteiger partial charge in [0.1, 0.15) is 6.29 Å². The molecular weight excluding hydrogens is 239 g/mol. The predicted molar refractivity (Wildman–Crippen MR) is 77.8 cm³/mol. The van der Waals surface area contributed by atoms with E-state index in [9.17, 15) is 4.79 Å². The highest BCUT2D eigenvalue weighted by Gasteiger charge is 2.53. The molecule has 1 rings (SSSR count). The Kier molecular flexibility index (Phi) is 5.64. The molecule has 0 radical (unpaired) electrons. The van der Waals surface area contributed by atoms with Crippen molar-refractivity contribution in [3.8, 4) is 11.8 Å². The van der Waals surface area contributed by atoms with Gasteiger partial charge in [0.2, 0.25) is 0 Å². The maximum atomic E-state index is 10.8. The lowest BCUT2D eigenvalue weighted by atomic mass is 9.67. The van der Waals surface area contributed by atoms with Gasteiger partial charge in [0.05, 0.1) is 11.2 Å². The Bertz CT molecular complexity index is 349. The first-order chi connectivity index (χ1) is 8.84. The van der Waals surface area contributed by atoms with E-state index < -0.39 is 0 Å². The molecule has 0 bridgehead atoms. The van der Waals surface area contributed by atoms with Crippen LogP contribution in [0.15, 0.2) is 0 Å². The van der Waals surface area contributed by atoms with Crippen LogP contribution in [0.2, 0.25) is 5.82 Å².